The number of oxime groups is 1. The highest BCUT2D eigenvalue weighted by molar-refractivity contribution is 6.09. The van der Waals surface area contributed by atoms with Gasteiger partial charge in [0, 0.05) is 16.6 Å². The van der Waals surface area contributed by atoms with Crippen molar-refractivity contribution in [2.45, 2.75) is 12.8 Å². The average Bonchev–Trinajstić information content (AvgIpc) is 3.17. The molecular weight excluding hydrogens is 346 g/mol. The lowest BCUT2D eigenvalue weighted by Crippen LogP contribution is -2.03. The standard InChI is InChI=1S/C24H19N3O/c1-2-9-20(10-3-1)28-27-23-14-13-17-8-6-12-22(24(17)23)26-19-15-18-7-4-5-11-21(18)25-16-19/h1-12,15-16,26H,13-14H2/b27-23+. The van der Waals surface area contributed by atoms with Gasteiger partial charge < -0.3 is 10.2 Å². The number of benzene rings is 3. The molecule has 0 unspecified atom stereocenters. The van der Waals surface area contributed by atoms with Crippen LogP contribution in [0.15, 0.2) is 90.2 Å². The zero-order valence-corrected chi connectivity index (χ0v) is 15.3. The monoisotopic (exact) mass is 365 g/mol. The molecule has 1 N–H and O–H groups in total. The van der Waals surface area contributed by atoms with Crippen LogP contribution in [0, 0.1) is 0 Å². The Bertz CT molecular complexity index is 1170. The van der Waals surface area contributed by atoms with E-state index in [2.05, 4.69) is 45.8 Å². The van der Waals surface area contributed by atoms with Crippen LogP contribution in [0.2, 0.25) is 0 Å². The number of hydrogen-bond donors (Lipinski definition) is 1. The second-order valence-corrected chi connectivity index (χ2v) is 6.82. The van der Waals surface area contributed by atoms with Crippen molar-refractivity contribution >= 4 is 28.0 Å². The van der Waals surface area contributed by atoms with Gasteiger partial charge in [-0.25, -0.2) is 0 Å². The lowest BCUT2D eigenvalue weighted by atomic mass is 10.1. The van der Waals surface area contributed by atoms with E-state index in [1.807, 2.05) is 54.7 Å². The number of anilines is 2. The molecule has 3 aromatic carbocycles. The van der Waals surface area contributed by atoms with Crippen LogP contribution in [0.4, 0.5) is 11.4 Å². The Balaban J connectivity index is 1.47. The summed E-state index contributed by atoms with van der Waals surface area (Å²) in [7, 11) is 0. The van der Waals surface area contributed by atoms with E-state index in [1.165, 1.54) is 5.56 Å². The van der Waals surface area contributed by atoms with E-state index >= 15 is 0 Å². The minimum atomic E-state index is 0.743. The minimum absolute atomic E-state index is 0.743. The normalized spacial score (nSPS) is 14.2. The first-order valence-corrected chi connectivity index (χ1v) is 9.40. The summed E-state index contributed by atoms with van der Waals surface area (Å²) in [5.74, 6) is 0.743. The van der Waals surface area contributed by atoms with Crippen molar-refractivity contribution in [3.63, 3.8) is 0 Å². The van der Waals surface area contributed by atoms with Crippen molar-refractivity contribution in [1.29, 1.82) is 0 Å². The van der Waals surface area contributed by atoms with Crippen LogP contribution in [0.3, 0.4) is 0 Å². The van der Waals surface area contributed by atoms with Gasteiger partial charge in [-0.15, -0.1) is 0 Å². The Hall–Kier alpha value is -3.66. The molecule has 136 valence electrons. The van der Waals surface area contributed by atoms with E-state index in [9.17, 15) is 0 Å². The van der Waals surface area contributed by atoms with Crippen molar-refractivity contribution in [2.75, 3.05) is 5.32 Å². The molecule has 1 heterocycles. The van der Waals surface area contributed by atoms with Gasteiger partial charge >= 0.3 is 0 Å². The molecule has 0 saturated heterocycles. The molecule has 5 rings (SSSR count). The summed E-state index contributed by atoms with van der Waals surface area (Å²) < 4.78 is 0. The number of hydrogen-bond acceptors (Lipinski definition) is 4. The predicted molar refractivity (Wildman–Crippen MR) is 113 cm³/mol. The topological polar surface area (TPSA) is 46.5 Å². The summed E-state index contributed by atoms with van der Waals surface area (Å²) >= 11 is 0. The van der Waals surface area contributed by atoms with Crippen LogP contribution in [0.5, 0.6) is 5.75 Å². The SMILES string of the molecule is c1ccc(O/N=C2\CCc3cccc(Nc4cnc5ccccc5c4)c32)cc1. The fraction of sp³-hybridized carbons (Fsp3) is 0.0833. The number of pyridine rings is 1. The quantitative estimate of drug-likeness (QED) is 0.471. The summed E-state index contributed by atoms with van der Waals surface area (Å²) in [6.07, 6.45) is 3.71. The van der Waals surface area contributed by atoms with Gasteiger partial charge in [-0.3, -0.25) is 4.98 Å². The molecule has 0 aliphatic heterocycles. The molecule has 4 heteroatoms. The van der Waals surface area contributed by atoms with E-state index in [1.54, 1.807) is 0 Å². The Labute approximate surface area is 163 Å². The van der Waals surface area contributed by atoms with Gasteiger partial charge in [0.25, 0.3) is 0 Å². The van der Waals surface area contributed by atoms with Crippen LogP contribution in [-0.4, -0.2) is 10.7 Å². The first-order chi connectivity index (χ1) is 13.9. The highest BCUT2D eigenvalue weighted by Gasteiger charge is 2.22. The van der Waals surface area contributed by atoms with Gasteiger partial charge in [-0.2, -0.15) is 0 Å². The van der Waals surface area contributed by atoms with Gasteiger partial charge in [0.15, 0.2) is 5.75 Å². The van der Waals surface area contributed by atoms with E-state index in [-0.39, 0.29) is 0 Å². The maximum atomic E-state index is 5.66. The molecule has 0 bridgehead atoms. The number of fused-ring (bicyclic) bond motifs is 2. The molecule has 0 radical (unpaired) electrons. The highest BCUT2D eigenvalue weighted by atomic mass is 16.6. The van der Waals surface area contributed by atoms with Gasteiger partial charge in [0.1, 0.15) is 0 Å². The first-order valence-electron chi connectivity index (χ1n) is 9.40. The Morgan fingerprint density at radius 1 is 0.857 bits per heavy atom. The molecule has 1 aliphatic rings. The largest absolute Gasteiger partial charge is 0.357 e. The number of para-hydroxylation sites is 2. The average molecular weight is 365 g/mol. The number of nitrogens with one attached hydrogen (secondary N) is 1. The smallest absolute Gasteiger partial charge is 0.157 e. The van der Waals surface area contributed by atoms with E-state index in [0.29, 0.717) is 0 Å². The van der Waals surface area contributed by atoms with Crippen LogP contribution in [0.25, 0.3) is 10.9 Å². The van der Waals surface area contributed by atoms with E-state index in [4.69, 9.17) is 4.84 Å². The Kier molecular flexibility index (Phi) is 4.22. The van der Waals surface area contributed by atoms with Crippen molar-refractivity contribution in [1.82, 2.24) is 4.98 Å². The molecule has 28 heavy (non-hydrogen) atoms. The summed E-state index contributed by atoms with van der Waals surface area (Å²) in [6, 6.07) is 26.2. The molecule has 1 aliphatic carbocycles. The Morgan fingerprint density at radius 2 is 1.71 bits per heavy atom. The van der Waals surface area contributed by atoms with Crippen LogP contribution in [-0.2, 0) is 6.42 Å². The predicted octanol–water partition coefficient (Wildman–Crippen LogP) is 5.71. The third kappa shape index (κ3) is 3.21. The zero-order valence-electron chi connectivity index (χ0n) is 15.3. The molecular formula is C24H19N3O. The van der Waals surface area contributed by atoms with Crippen LogP contribution >= 0.6 is 0 Å². The van der Waals surface area contributed by atoms with Crippen LogP contribution < -0.4 is 10.2 Å². The maximum absolute atomic E-state index is 5.66. The van der Waals surface area contributed by atoms with Gasteiger partial charge in [0.2, 0.25) is 0 Å². The lowest BCUT2D eigenvalue weighted by molar-refractivity contribution is 0.341. The molecule has 0 atom stereocenters. The molecule has 0 saturated carbocycles. The van der Waals surface area contributed by atoms with Gasteiger partial charge in [-0.1, -0.05) is 53.7 Å². The molecule has 0 fully saturated rings. The third-order valence-electron chi connectivity index (χ3n) is 4.94. The van der Waals surface area contributed by atoms with Crippen molar-refractivity contribution in [2.24, 2.45) is 5.16 Å². The van der Waals surface area contributed by atoms with E-state index < -0.39 is 0 Å². The maximum Gasteiger partial charge on any atom is 0.157 e. The van der Waals surface area contributed by atoms with Crippen molar-refractivity contribution < 1.29 is 4.84 Å². The number of nitrogens with zero attached hydrogens (tertiary/aromatic N) is 2. The number of aryl methyl sites for hydroxylation is 1. The lowest BCUT2D eigenvalue weighted by Gasteiger charge is -2.12. The number of rotatable bonds is 4. The second kappa shape index (κ2) is 7.16. The fourth-order valence-electron chi connectivity index (χ4n) is 3.61. The molecule has 4 nitrogen and oxygen atoms in total. The summed E-state index contributed by atoms with van der Waals surface area (Å²) in [4.78, 5) is 10.2. The fourth-order valence-corrected chi connectivity index (χ4v) is 3.61. The third-order valence-corrected chi connectivity index (χ3v) is 4.94. The Morgan fingerprint density at radius 3 is 2.64 bits per heavy atom. The highest BCUT2D eigenvalue weighted by Crippen LogP contribution is 2.32. The summed E-state index contributed by atoms with van der Waals surface area (Å²) in [6.45, 7) is 0. The zero-order chi connectivity index (χ0) is 18.8. The van der Waals surface area contributed by atoms with Gasteiger partial charge in [-0.05, 0) is 48.7 Å². The molecule has 0 spiro atoms. The second-order valence-electron chi connectivity index (χ2n) is 6.82. The molecule has 4 aromatic rings. The van der Waals surface area contributed by atoms with Crippen LogP contribution in [0.1, 0.15) is 17.5 Å². The van der Waals surface area contributed by atoms with Crippen molar-refractivity contribution in [3.05, 3.63) is 96.2 Å². The number of aromatic nitrogens is 1. The molecule has 0 amide bonds. The summed E-state index contributed by atoms with van der Waals surface area (Å²) in [5, 5.41) is 9.09. The molecule has 1 aromatic heterocycles. The first kappa shape index (κ1) is 16.5. The minimum Gasteiger partial charge on any atom is -0.357 e. The van der Waals surface area contributed by atoms with Gasteiger partial charge in [0.05, 0.1) is 23.1 Å². The van der Waals surface area contributed by atoms with E-state index in [0.717, 1.165) is 52.1 Å². The van der Waals surface area contributed by atoms with Crippen molar-refractivity contribution in [3.8, 4) is 5.75 Å². The summed E-state index contributed by atoms with van der Waals surface area (Å²) in [5.41, 5.74) is 6.37.